The summed E-state index contributed by atoms with van der Waals surface area (Å²) in [6.45, 7) is 9.55. The first kappa shape index (κ1) is 24.8. The van der Waals surface area contributed by atoms with E-state index in [0.717, 1.165) is 38.8 Å². The fourth-order valence-corrected chi connectivity index (χ4v) is 4.94. The van der Waals surface area contributed by atoms with Gasteiger partial charge in [-0.05, 0) is 43.4 Å². The quantitative estimate of drug-likeness (QED) is 0.117. The molecule has 1 aliphatic rings. The maximum absolute atomic E-state index is 10.0. The minimum absolute atomic E-state index is 0. The standard InChI is InChI=1S/C25H18NO.C5H8O2.Ir/c1-14-8-9-18-21-22-20(27-24(14)21)10-11-26-23(22)17-12-15-6-4-5-7-16(15)13-19(17)25(18,2)3;1-4(6)3-5(2)7;/h4-11,13H,1-3H3;3,6H,1-2H3;/q-1;;/b;4-3-;. The van der Waals surface area contributed by atoms with E-state index in [1.807, 2.05) is 12.3 Å². The van der Waals surface area contributed by atoms with Crippen LogP contribution in [0.2, 0.25) is 0 Å². The van der Waals surface area contributed by atoms with Crippen molar-refractivity contribution in [2.24, 2.45) is 0 Å². The van der Waals surface area contributed by atoms with E-state index in [0.29, 0.717) is 0 Å². The summed E-state index contributed by atoms with van der Waals surface area (Å²) in [6, 6.07) is 20.8. The number of carbonyl (C=O) groups is 1. The van der Waals surface area contributed by atoms with Crippen LogP contribution in [0.25, 0.3) is 44.0 Å². The Morgan fingerprint density at radius 3 is 2.49 bits per heavy atom. The first-order valence-corrected chi connectivity index (χ1v) is 11.3. The fraction of sp³-hybridized carbons (Fsp3) is 0.200. The van der Waals surface area contributed by atoms with Gasteiger partial charge >= 0.3 is 0 Å². The molecule has 0 saturated carbocycles. The number of pyridine rings is 1. The van der Waals surface area contributed by atoms with Crippen LogP contribution in [0.5, 0.6) is 0 Å². The molecule has 0 spiro atoms. The van der Waals surface area contributed by atoms with Gasteiger partial charge in [-0.3, -0.25) is 9.78 Å². The average Bonchev–Trinajstić information content (AvgIpc) is 3.15. The summed E-state index contributed by atoms with van der Waals surface area (Å²) in [5.41, 5.74) is 7.47. The molecule has 0 amide bonds. The molecule has 0 fully saturated rings. The van der Waals surface area contributed by atoms with E-state index in [1.165, 1.54) is 41.8 Å². The first-order valence-electron chi connectivity index (χ1n) is 11.3. The van der Waals surface area contributed by atoms with Gasteiger partial charge in [0.25, 0.3) is 0 Å². The number of fused-ring (bicyclic) bond motifs is 3. The van der Waals surface area contributed by atoms with Gasteiger partial charge in [0.15, 0.2) is 5.78 Å². The van der Waals surface area contributed by atoms with Crippen molar-refractivity contribution < 1.29 is 34.4 Å². The van der Waals surface area contributed by atoms with E-state index in [4.69, 9.17) is 14.5 Å². The molecule has 0 unspecified atom stereocenters. The van der Waals surface area contributed by atoms with Crippen LogP contribution in [-0.2, 0) is 30.3 Å². The second kappa shape index (κ2) is 9.07. The SMILES string of the molecule is CC(=O)/C=C(/C)O.Cc1ccc2c3c1oc1ccnc(c13)-c1[c-]c3ccccc3cc1C2(C)C.[Ir]. The summed E-state index contributed by atoms with van der Waals surface area (Å²) in [6.07, 6.45) is 3.01. The number of hydrogen-bond acceptors (Lipinski definition) is 4. The monoisotopic (exact) mass is 641 g/mol. The minimum atomic E-state index is -0.181. The second-order valence-electron chi connectivity index (χ2n) is 9.44. The van der Waals surface area contributed by atoms with Crippen molar-refractivity contribution in [1.29, 1.82) is 0 Å². The fourth-order valence-electron chi connectivity index (χ4n) is 4.94. The molecule has 0 atom stereocenters. The third kappa shape index (κ3) is 4.09. The van der Waals surface area contributed by atoms with Gasteiger partial charge < -0.3 is 9.52 Å². The maximum Gasteiger partial charge on any atom is 0.155 e. The van der Waals surface area contributed by atoms with Crippen LogP contribution in [0.15, 0.2) is 71.0 Å². The summed E-state index contributed by atoms with van der Waals surface area (Å²) >= 11 is 0. The molecule has 179 valence electrons. The molecule has 2 heterocycles. The molecule has 3 aromatic carbocycles. The molecule has 1 radical (unpaired) electrons. The number of carbonyl (C=O) groups excluding carboxylic acids is 1. The van der Waals surface area contributed by atoms with Crippen LogP contribution in [0, 0.1) is 13.0 Å². The number of hydrogen-bond donors (Lipinski definition) is 1. The normalized spacial score (nSPS) is 13.7. The van der Waals surface area contributed by atoms with Crippen molar-refractivity contribution in [2.45, 2.75) is 40.0 Å². The molecule has 35 heavy (non-hydrogen) atoms. The van der Waals surface area contributed by atoms with Crippen LogP contribution in [0.1, 0.15) is 44.4 Å². The first-order chi connectivity index (χ1) is 16.2. The van der Waals surface area contributed by atoms with E-state index in [-0.39, 0.29) is 37.1 Å². The summed E-state index contributed by atoms with van der Waals surface area (Å²) in [5.74, 6) is -0.0625. The third-order valence-corrected chi connectivity index (χ3v) is 6.51. The summed E-state index contributed by atoms with van der Waals surface area (Å²) < 4.78 is 6.28. The topological polar surface area (TPSA) is 63.3 Å². The van der Waals surface area contributed by atoms with Gasteiger partial charge in [0.2, 0.25) is 0 Å². The van der Waals surface area contributed by atoms with Crippen LogP contribution in [0.3, 0.4) is 0 Å². The zero-order valence-corrected chi connectivity index (χ0v) is 22.7. The molecule has 5 aromatic rings. The van der Waals surface area contributed by atoms with E-state index in [1.54, 1.807) is 0 Å². The van der Waals surface area contributed by atoms with Crippen molar-refractivity contribution >= 4 is 38.5 Å². The smallest absolute Gasteiger partial charge is 0.155 e. The number of benzene rings is 3. The Bertz CT molecular complexity index is 1640. The van der Waals surface area contributed by atoms with Gasteiger partial charge in [0.05, 0.1) is 5.76 Å². The summed E-state index contributed by atoms with van der Waals surface area (Å²) in [7, 11) is 0. The second-order valence-corrected chi connectivity index (χ2v) is 9.44. The Balaban J connectivity index is 0.000000320. The Kier molecular flexibility index (Phi) is 6.44. The molecule has 4 nitrogen and oxygen atoms in total. The number of rotatable bonds is 1. The van der Waals surface area contributed by atoms with Gasteiger partial charge in [-0.15, -0.1) is 23.6 Å². The van der Waals surface area contributed by atoms with E-state index in [9.17, 15) is 4.79 Å². The van der Waals surface area contributed by atoms with Crippen LogP contribution >= 0.6 is 0 Å². The molecule has 5 heteroatoms. The maximum atomic E-state index is 10.0. The molecule has 1 N–H and O–H groups in total. The largest absolute Gasteiger partial charge is 0.512 e. The third-order valence-electron chi connectivity index (χ3n) is 6.51. The summed E-state index contributed by atoms with van der Waals surface area (Å²) in [5, 5.41) is 13.0. The van der Waals surface area contributed by atoms with Gasteiger partial charge in [0.1, 0.15) is 11.2 Å². The zero-order valence-electron chi connectivity index (χ0n) is 20.3. The number of allylic oxidation sites excluding steroid dienone is 2. The van der Waals surface area contributed by atoms with Gasteiger partial charge in [0, 0.05) is 48.8 Å². The van der Waals surface area contributed by atoms with Crippen LogP contribution < -0.4 is 0 Å². The van der Waals surface area contributed by atoms with Gasteiger partial charge in [-0.25, -0.2) is 0 Å². The number of furan rings is 1. The van der Waals surface area contributed by atoms with Gasteiger partial charge in [-0.2, -0.15) is 0 Å². The minimum Gasteiger partial charge on any atom is -0.512 e. The van der Waals surface area contributed by atoms with Crippen molar-refractivity contribution in [1.82, 2.24) is 4.98 Å². The number of aromatic nitrogens is 1. The molecule has 0 saturated heterocycles. The van der Waals surface area contributed by atoms with Crippen LogP contribution in [-0.4, -0.2) is 15.9 Å². The summed E-state index contributed by atoms with van der Waals surface area (Å²) in [4.78, 5) is 14.8. The predicted molar refractivity (Wildman–Crippen MR) is 137 cm³/mol. The van der Waals surface area contributed by atoms with E-state index < -0.39 is 0 Å². The number of aliphatic hydroxyl groups excluding tert-OH is 1. The van der Waals surface area contributed by atoms with E-state index >= 15 is 0 Å². The average molecular weight is 641 g/mol. The molecular weight excluding hydrogens is 615 g/mol. The van der Waals surface area contributed by atoms with Crippen molar-refractivity contribution in [3.8, 4) is 11.3 Å². The molecule has 0 bridgehead atoms. The van der Waals surface area contributed by atoms with E-state index in [2.05, 4.69) is 69.3 Å². The number of nitrogens with zero attached hydrogens (tertiary/aromatic N) is 1. The molecule has 0 aliphatic heterocycles. The van der Waals surface area contributed by atoms with Gasteiger partial charge in [-0.1, -0.05) is 60.7 Å². The zero-order chi connectivity index (χ0) is 24.2. The Labute approximate surface area is 218 Å². The van der Waals surface area contributed by atoms with Crippen LogP contribution in [0.4, 0.5) is 0 Å². The van der Waals surface area contributed by atoms with Crippen molar-refractivity contribution in [2.75, 3.05) is 0 Å². The Hall–Kier alpha value is -3.27. The number of aryl methyl sites for hydroxylation is 1. The molecule has 2 aromatic heterocycles. The Morgan fingerprint density at radius 1 is 1.06 bits per heavy atom. The number of aliphatic hydroxyl groups is 1. The Morgan fingerprint density at radius 2 is 1.80 bits per heavy atom. The predicted octanol–water partition coefficient (Wildman–Crippen LogP) is 7.58. The molecule has 1 aliphatic carbocycles. The van der Waals surface area contributed by atoms with Crippen molar-refractivity contribution in [3.63, 3.8) is 0 Å². The molecule has 6 rings (SSSR count). The van der Waals surface area contributed by atoms with Crippen molar-refractivity contribution in [3.05, 3.63) is 89.3 Å². The molecular formula is C30H26IrNO3-. The number of ketones is 1.